The topological polar surface area (TPSA) is 186 Å². The Bertz CT molecular complexity index is 2560. The third kappa shape index (κ3) is 7.45. The van der Waals surface area contributed by atoms with Gasteiger partial charge in [0.25, 0.3) is 5.91 Å². The van der Waals surface area contributed by atoms with Crippen LogP contribution in [0.15, 0.2) is 73.4 Å². The van der Waals surface area contributed by atoms with Gasteiger partial charge in [0, 0.05) is 97.0 Å². The first kappa shape index (κ1) is 39.6. The van der Waals surface area contributed by atoms with Crippen molar-refractivity contribution < 1.29 is 14.4 Å². The maximum atomic E-state index is 13.1. The van der Waals surface area contributed by atoms with E-state index in [1.54, 1.807) is 21.9 Å². The molecule has 0 radical (unpaired) electrons. The number of aryl methyl sites for hydroxylation is 2. The molecule has 16 heteroatoms. The number of pyridine rings is 1. The van der Waals surface area contributed by atoms with Gasteiger partial charge < -0.3 is 31.5 Å². The molecule has 6 aliphatic rings. The Morgan fingerprint density at radius 3 is 2.48 bits per heavy atom. The number of nitrogens with one attached hydrogen (secondary N) is 6. The van der Waals surface area contributed by atoms with E-state index >= 15 is 0 Å². The molecular formula is C46H53N13O3. The van der Waals surface area contributed by atoms with Gasteiger partial charge in [0.2, 0.25) is 11.9 Å². The smallest absolute Gasteiger partial charge is 0.329 e. The third-order valence-corrected chi connectivity index (χ3v) is 13.4. The first-order valence-corrected chi connectivity index (χ1v) is 21.9. The van der Waals surface area contributed by atoms with Crippen molar-refractivity contribution >= 4 is 69.2 Å². The fourth-order valence-electron chi connectivity index (χ4n) is 10.3. The summed E-state index contributed by atoms with van der Waals surface area (Å²) in [6.07, 6.45) is 12.1. The van der Waals surface area contributed by atoms with Crippen molar-refractivity contribution in [2.75, 3.05) is 51.9 Å². The van der Waals surface area contributed by atoms with Gasteiger partial charge in [-0.05, 0) is 105 Å². The minimum Gasteiger partial charge on any atom is -0.379 e. The predicted octanol–water partition coefficient (Wildman–Crippen LogP) is 6.39. The molecule has 1 atom stereocenters. The number of hydrogen-bond acceptors (Lipinski definition) is 12. The lowest BCUT2D eigenvalue weighted by Crippen LogP contribution is -2.81. The average molecular weight is 836 g/mol. The molecule has 6 N–H and O–H groups in total. The second-order valence-electron chi connectivity index (χ2n) is 17.7. The van der Waals surface area contributed by atoms with Crippen molar-refractivity contribution in [3.8, 4) is 0 Å². The number of hydrogen-bond donors (Lipinski definition) is 6. The van der Waals surface area contributed by atoms with Crippen LogP contribution in [-0.2, 0) is 18.3 Å². The monoisotopic (exact) mass is 835 g/mol. The van der Waals surface area contributed by atoms with E-state index in [1.165, 1.54) is 11.3 Å². The van der Waals surface area contributed by atoms with Crippen LogP contribution in [0, 0.1) is 0 Å². The Labute approximate surface area is 360 Å². The van der Waals surface area contributed by atoms with Gasteiger partial charge in [-0.2, -0.15) is 10.1 Å². The average Bonchev–Trinajstić information content (AvgIpc) is 3.81. The normalized spacial score (nSPS) is 23.0. The number of amides is 4. The number of piperidine rings is 1. The van der Waals surface area contributed by atoms with Crippen molar-refractivity contribution in [2.45, 2.75) is 87.7 Å². The van der Waals surface area contributed by atoms with Crippen molar-refractivity contribution in [3.05, 3.63) is 90.3 Å². The van der Waals surface area contributed by atoms with Crippen LogP contribution in [0.25, 0.3) is 10.9 Å². The summed E-state index contributed by atoms with van der Waals surface area (Å²) in [5.74, 6) is 1.88. The summed E-state index contributed by atoms with van der Waals surface area (Å²) in [5.41, 5.74) is 7.07. The van der Waals surface area contributed by atoms with Crippen LogP contribution >= 0.6 is 0 Å². The van der Waals surface area contributed by atoms with Crippen LogP contribution in [-0.4, -0.2) is 85.9 Å². The van der Waals surface area contributed by atoms with E-state index in [1.807, 2.05) is 31.3 Å². The molecule has 2 aliphatic heterocycles. The number of anilines is 7. The van der Waals surface area contributed by atoms with Crippen LogP contribution in [0.3, 0.4) is 0 Å². The van der Waals surface area contributed by atoms with Crippen molar-refractivity contribution in [1.82, 2.24) is 40.7 Å². The zero-order valence-electron chi connectivity index (χ0n) is 35.3. The number of nitrogens with zero attached hydrogens (tertiary/aromatic N) is 7. The molecule has 2 saturated heterocycles. The summed E-state index contributed by atoms with van der Waals surface area (Å²) >= 11 is 0. The zero-order chi connectivity index (χ0) is 42.6. The first-order valence-electron chi connectivity index (χ1n) is 21.9. The molecule has 11 rings (SSSR count). The Balaban J connectivity index is 0.722. The fourth-order valence-corrected chi connectivity index (χ4v) is 10.3. The highest BCUT2D eigenvalue weighted by Gasteiger charge is 2.68. The van der Waals surface area contributed by atoms with Crippen LogP contribution in [0.1, 0.15) is 85.8 Å². The van der Waals surface area contributed by atoms with Gasteiger partial charge in [0.15, 0.2) is 5.82 Å². The summed E-state index contributed by atoms with van der Waals surface area (Å²) in [6, 6.07) is 18.7. The minimum absolute atomic E-state index is 0.106. The lowest BCUT2D eigenvalue weighted by Gasteiger charge is -2.72. The van der Waals surface area contributed by atoms with Crippen molar-refractivity contribution in [2.24, 2.45) is 7.05 Å². The van der Waals surface area contributed by atoms with Crippen molar-refractivity contribution in [3.63, 3.8) is 0 Å². The maximum Gasteiger partial charge on any atom is 0.329 e. The molecule has 62 heavy (non-hydrogen) atoms. The molecule has 1 unspecified atom stereocenters. The van der Waals surface area contributed by atoms with Gasteiger partial charge >= 0.3 is 6.03 Å². The Hall–Kier alpha value is -6.55. The van der Waals surface area contributed by atoms with Gasteiger partial charge in [-0.3, -0.25) is 24.5 Å². The van der Waals surface area contributed by atoms with E-state index in [9.17, 15) is 14.4 Å². The summed E-state index contributed by atoms with van der Waals surface area (Å²) in [4.78, 5) is 55.4. The molecule has 2 bridgehead atoms. The number of benzene rings is 2. The SMILES string of the molecule is C=CCNC(=O)c1cnc(Nc2ccc(N3CCC(NC45CC(Nc6ccc7c(N8CCC(=O)NC8=O)nn(C)c7c6)(C4)C5)CC3)cc2)nc1Nc1ccc2c(n1)C(CC)CC2. The number of fused-ring (bicyclic) bond motifs is 2. The first-order chi connectivity index (χ1) is 30.1. The molecule has 0 spiro atoms. The summed E-state index contributed by atoms with van der Waals surface area (Å²) in [7, 11) is 1.88. The van der Waals surface area contributed by atoms with E-state index in [0.29, 0.717) is 54.0 Å². The summed E-state index contributed by atoms with van der Waals surface area (Å²) in [5, 5.41) is 25.3. The number of urea groups is 1. The van der Waals surface area contributed by atoms with Crippen LogP contribution in [0.5, 0.6) is 0 Å². The number of rotatable bonds is 14. The second-order valence-corrected chi connectivity index (χ2v) is 17.7. The van der Waals surface area contributed by atoms with E-state index in [2.05, 4.69) is 90.7 Å². The highest BCUT2D eigenvalue weighted by Crippen LogP contribution is 2.62. The number of carbonyl (C=O) groups is 3. The lowest BCUT2D eigenvalue weighted by molar-refractivity contribution is -0.120. The Morgan fingerprint density at radius 1 is 0.935 bits per heavy atom. The Morgan fingerprint density at radius 2 is 1.73 bits per heavy atom. The highest BCUT2D eigenvalue weighted by molar-refractivity contribution is 6.09. The third-order valence-electron chi connectivity index (χ3n) is 13.4. The molecule has 5 aromatic rings. The lowest BCUT2D eigenvalue weighted by atomic mass is 9.44. The summed E-state index contributed by atoms with van der Waals surface area (Å²) < 4.78 is 1.80. The zero-order valence-corrected chi connectivity index (χ0v) is 35.3. The van der Waals surface area contributed by atoms with E-state index in [0.717, 1.165) is 92.4 Å². The van der Waals surface area contributed by atoms with Gasteiger partial charge in [-0.25, -0.2) is 14.8 Å². The van der Waals surface area contributed by atoms with Crippen molar-refractivity contribution in [1.29, 1.82) is 0 Å². The minimum atomic E-state index is -0.427. The molecule has 5 heterocycles. The number of imide groups is 1. The Kier molecular flexibility index (Phi) is 10.0. The highest BCUT2D eigenvalue weighted by atomic mass is 16.2. The maximum absolute atomic E-state index is 13.1. The molecular weight excluding hydrogens is 783 g/mol. The van der Waals surface area contributed by atoms with Crippen LogP contribution in [0.4, 0.5) is 45.3 Å². The van der Waals surface area contributed by atoms with Gasteiger partial charge in [-0.1, -0.05) is 19.1 Å². The largest absolute Gasteiger partial charge is 0.379 e. The quantitative estimate of drug-likeness (QED) is 0.0678. The molecule has 3 saturated carbocycles. The van der Waals surface area contributed by atoms with Crippen LogP contribution < -0.4 is 41.7 Å². The molecule has 16 nitrogen and oxygen atoms in total. The number of carbonyl (C=O) groups excluding carboxylic acids is 3. The molecule has 320 valence electrons. The second kappa shape index (κ2) is 15.7. The fraction of sp³-hybridized carbons (Fsp3) is 0.413. The van der Waals surface area contributed by atoms with E-state index in [4.69, 9.17) is 9.97 Å². The molecule has 2 aromatic carbocycles. The number of aromatic nitrogens is 5. The standard InChI is InChI=1S/C46H53N13O3/c1-4-19-47-42(61)35-24-48-43(53-40(35)51-37-15-8-29-7-6-28(5-2)39(29)50-37)49-30-9-12-33(13-10-30)58-20-16-31(17-21-58)54-45-25-46(26-45,27-45)55-32-11-14-34-36(23-32)57(3)56-41(34)59-22-18-38(60)52-44(59)62/h4,8-15,23-24,28,31,54-55H,1,5-7,16-22,25-27H2,2-3H3,(H,47,61)(H,52,60,62)(H2,48,49,50,51,53). The van der Waals surface area contributed by atoms with E-state index in [-0.39, 0.29) is 29.3 Å². The van der Waals surface area contributed by atoms with Crippen LogP contribution in [0.2, 0.25) is 0 Å². The van der Waals surface area contributed by atoms with E-state index < -0.39 is 6.03 Å². The predicted molar refractivity (Wildman–Crippen MR) is 241 cm³/mol. The molecule has 4 aliphatic carbocycles. The molecule has 5 fully saturated rings. The molecule has 3 aromatic heterocycles. The van der Waals surface area contributed by atoms with Gasteiger partial charge in [0.05, 0.1) is 5.52 Å². The van der Waals surface area contributed by atoms with Gasteiger partial charge in [0.1, 0.15) is 17.2 Å². The molecule has 4 amide bonds. The van der Waals surface area contributed by atoms with Gasteiger partial charge in [-0.15, -0.1) is 6.58 Å². The summed E-state index contributed by atoms with van der Waals surface area (Å²) in [6.45, 7) is 8.53.